The molecule has 0 atom stereocenters. The third-order valence-electron chi connectivity index (χ3n) is 2.12. The van der Waals surface area contributed by atoms with Crippen molar-refractivity contribution in [3.05, 3.63) is 47.7 Å². The highest BCUT2D eigenvalue weighted by molar-refractivity contribution is 5.92. The molecular formula is C14H15N3O2. The topological polar surface area (TPSA) is 65.7 Å². The number of benzene rings is 1. The number of carbonyl (C=O) groups excluding carboxylic acids is 1. The van der Waals surface area contributed by atoms with Gasteiger partial charge in [-0.05, 0) is 12.5 Å². The zero-order valence-electron chi connectivity index (χ0n) is 10.9. The monoisotopic (exact) mass is 257 g/mol. The van der Waals surface area contributed by atoms with E-state index in [-0.39, 0.29) is 12.2 Å². The van der Waals surface area contributed by atoms with Crippen LogP contribution < -0.4 is 0 Å². The Bertz CT molecular complexity index is 515. The summed E-state index contributed by atoms with van der Waals surface area (Å²) in [5.74, 6) is -0.647. The summed E-state index contributed by atoms with van der Waals surface area (Å²) in [5.41, 5.74) is 0.840. The Morgan fingerprint density at radius 2 is 2.16 bits per heavy atom. The van der Waals surface area contributed by atoms with Crippen molar-refractivity contribution in [2.24, 2.45) is 5.10 Å². The Labute approximate surface area is 112 Å². The van der Waals surface area contributed by atoms with Gasteiger partial charge in [0.15, 0.2) is 5.57 Å². The number of hydrogen-bond donors (Lipinski definition) is 0. The lowest BCUT2D eigenvalue weighted by Crippen LogP contribution is -2.11. The highest BCUT2D eigenvalue weighted by atomic mass is 16.5. The Hall–Kier alpha value is -2.61. The summed E-state index contributed by atoms with van der Waals surface area (Å²) in [6.45, 7) is 1.92. The van der Waals surface area contributed by atoms with Crippen molar-refractivity contribution in [1.82, 2.24) is 5.01 Å². The lowest BCUT2D eigenvalue weighted by atomic mass is 10.2. The van der Waals surface area contributed by atoms with Crippen LogP contribution in [0.2, 0.25) is 0 Å². The van der Waals surface area contributed by atoms with Gasteiger partial charge in [-0.25, -0.2) is 4.79 Å². The average Bonchev–Trinajstić information content (AvgIpc) is 2.44. The van der Waals surface area contributed by atoms with Crippen LogP contribution >= 0.6 is 0 Å². The molecule has 0 aliphatic carbocycles. The second-order valence-electron chi connectivity index (χ2n) is 3.60. The summed E-state index contributed by atoms with van der Waals surface area (Å²) < 4.78 is 4.75. The van der Waals surface area contributed by atoms with E-state index in [4.69, 9.17) is 10.00 Å². The van der Waals surface area contributed by atoms with Gasteiger partial charge in [-0.1, -0.05) is 30.3 Å². The molecule has 1 rings (SSSR count). The van der Waals surface area contributed by atoms with Gasteiger partial charge < -0.3 is 4.74 Å². The van der Waals surface area contributed by atoms with E-state index in [1.807, 2.05) is 30.3 Å². The average molecular weight is 257 g/mol. The molecule has 0 amide bonds. The lowest BCUT2D eigenvalue weighted by Gasteiger charge is -2.07. The van der Waals surface area contributed by atoms with Gasteiger partial charge in [-0.15, -0.1) is 0 Å². The van der Waals surface area contributed by atoms with E-state index >= 15 is 0 Å². The Morgan fingerprint density at radius 1 is 1.47 bits per heavy atom. The van der Waals surface area contributed by atoms with E-state index in [0.29, 0.717) is 0 Å². The molecule has 0 unspecified atom stereocenters. The van der Waals surface area contributed by atoms with Crippen molar-refractivity contribution in [2.75, 3.05) is 13.7 Å². The van der Waals surface area contributed by atoms with Crippen LogP contribution in [0.5, 0.6) is 0 Å². The third-order valence-corrected chi connectivity index (χ3v) is 2.12. The number of rotatable bonds is 5. The van der Waals surface area contributed by atoms with Crippen molar-refractivity contribution >= 4 is 12.2 Å². The molecule has 0 aliphatic heterocycles. The summed E-state index contributed by atoms with van der Waals surface area (Å²) in [7, 11) is 1.63. The number of hydrogen-bond acceptors (Lipinski definition) is 5. The number of carbonyl (C=O) groups is 1. The van der Waals surface area contributed by atoms with Crippen molar-refractivity contribution in [2.45, 2.75) is 6.92 Å². The molecule has 0 fully saturated rings. The second-order valence-corrected chi connectivity index (χ2v) is 3.60. The van der Waals surface area contributed by atoms with E-state index in [1.165, 1.54) is 11.2 Å². The SMILES string of the molecule is CCOC(=O)/C(C#N)=C/N(C)/N=C\c1ccccc1. The van der Waals surface area contributed by atoms with Crippen LogP contribution in [0.25, 0.3) is 0 Å². The maximum Gasteiger partial charge on any atom is 0.350 e. The van der Waals surface area contributed by atoms with Crippen LogP contribution in [0.15, 0.2) is 47.2 Å². The summed E-state index contributed by atoms with van der Waals surface area (Å²) in [5, 5.41) is 14.3. The van der Waals surface area contributed by atoms with Crippen molar-refractivity contribution in [3.8, 4) is 6.07 Å². The minimum Gasteiger partial charge on any atom is -0.462 e. The normalized spacial score (nSPS) is 11.1. The van der Waals surface area contributed by atoms with Gasteiger partial charge in [0.1, 0.15) is 6.07 Å². The minimum atomic E-state index is -0.647. The van der Waals surface area contributed by atoms with Crippen LogP contribution in [0, 0.1) is 11.3 Å². The van der Waals surface area contributed by atoms with Crippen molar-refractivity contribution in [3.63, 3.8) is 0 Å². The largest absolute Gasteiger partial charge is 0.462 e. The molecule has 0 bridgehead atoms. The predicted octanol–water partition coefficient (Wildman–Crippen LogP) is 1.92. The van der Waals surface area contributed by atoms with Crippen LogP contribution in [-0.4, -0.2) is 30.8 Å². The first-order valence-electron chi connectivity index (χ1n) is 5.78. The lowest BCUT2D eigenvalue weighted by molar-refractivity contribution is -0.138. The summed E-state index contributed by atoms with van der Waals surface area (Å²) >= 11 is 0. The molecule has 19 heavy (non-hydrogen) atoms. The van der Waals surface area contributed by atoms with Gasteiger partial charge >= 0.3 is 5.97 Å². The molecular weight excluding hydrogens is 242 g/mol. The molecule has 0 heterocycles. The Kier molecular flexibility index (Phi) is 5.83. The summed E-state index contributed by atoms with van der Waals surface area (Å²) in [6, 6.07) is 11.3. The molecule has 98 valence electrons. The summed E-state index contributed by atoms with van der Waals surface area (Å²) in [6.07, 6.45) is 2.97. The first kappa shape index (κ1) is 14.5. The minimum absolute atomic E-state index is 0.0884. The van der Waals surface area contributed by atoms with Crippen molar-refractivity contribution < 1.29 is 9.53 Å². The van der Waals surface area contributed by atoms with Gasteiger partial charge in [0.2, 0.25) is 0 Å². The number of nitriles is 1. The number of esters is 1. The fourth-order valence-corrected chi connectivity index (χ4v) is 1.25. The fraction of sp³-hybridized carbons (Fsp3) is 0.214. The van der Waals surface area contributed by atoms with E-state index < -0.39 is 5.97 Å². The molecule has 5 nitrogen and oxygen atoms in total. The highest BCUT2D eigenvalue weighted by Gasteiger charge is 2.10. The Balaban J connectivity index is 2.72. The molecule has 1 aromatic carbocycles. The van der Waals surface area contributed by atoms with Crippen LogP contribution in [-0.2, 0) is 9.53 Å². The molecule has 0 saturated heterocycles. The maximum absolute atomic E-state index is 11.4. The molecule has 0 aromatic heterocycles. The number of hydrazone groups is 1. The quantitative estimate of drug-likeness (QED) is 0.266. The predicted molar refractivity (Wildman–Crippen MR) is 72.1 cm³/mol. The van der Waals surface area contributed by atoms with E-state index in [9.17, 15) is 4.79 Å². The first-order valence-corrected chi connectivity index (χ1v) is 5.78. The zero-order valence-corrected chi connectivity index (χ0v) is 10.9. The van der Waals surface area contributed by atoms with Crippen LogP contribution in [0.4, 0.5) is 0 Å². The first-order chi connectivity index (χ1) is 9.17. The van der Waals surface area contributed by atoms with E-state index in [2.05, 4.69) is 5.10 Å². The van der Waals surface area contributed by atoms with Gasteiger partial charge in [-0.2, -0.15) is 10.4 Å². The smallest absolute Gasteiger partial charge is 0.350 e. The molecule has 0 aliphatic rings. The van der Waals surface area contributed by atoms with Gasteiger partial charge in [0, 0.05) is 13.2 Å². The van der Waals surface area contributed by atoms with Crippen molar-refractivity contribution in [1.29, 1.82) is 5.26 Å². The molecule has 1 aromatic rings. The van der Waals surface area contributed by atoms with Crippen LogP contribution in [0.3, 0.4) is 0 Å². The molecule has 0 spiro atoms. The standard InChI is InChI=1S/C14H15N3O2/c1-3-19-14(18)13(9-15)11-17(2)16-10-12-7-5-4-6-8-12/h4-8,10-11H,3H2,1-2H3/b13-11+,16-10-. The summed E-state index contributed by atoms with van der Waals surface area (Å²) in [4.78, 5) is 11.4. The third kappa shape index (κ3) is 5.04. The fourth-order valence-electron chi connectivity index (χ4n) is 1.25. The molecule has 5 heteroatoms. The van der Waals surface area contributed by atoms with Gasteiger partial charge in [-0.3, -0.25) is 5.01 Å². The molecule has 0 N–H and O–H groups in total. The molecule has 0 radical (unpaired) electrons. The number of nitrogens with zero attached hydrogens (tertiary/aromatic N) is 3. The van der Waals surface area contributed by atoms with Gasteiger partial charge in [0.25, 0.3) is 0 Å². The van der Waals surface area contributed by atoms with E-state index in [0.717, 1.165) is 5.56 Å². The highest BCUT2D eigenvalue weighted by Crippen LogP contribution is 2.00. The second kappa shape index (κ2) is 7.67. The molecule has 0 saturated carbocycles. The number of ether oxygens (including phenoxy) is 1. The zero-order chi connectivity index (χ0) is 14.1. The van der Waals surface area contributed by atoms with E-state index in [1.54, 1.807) is 26.3 Å². The Morgan fingerprint density at radius 3 is 2.74 bits per heavy atom. The van der Waals surface area contributed by atoms with Crippen LogP contribution in [0.1, 0.15) is 12.5 Å². The van der Waals surface area contributed by atoms with Gasteiger partial charge in [0.05, 0.1) is 12.8 Å². The maximum atomic E-state index is 11.4.